The number of hydrogen-bond donors (Lipinski definition) is 0. The number of benzene rings is 1. The molecule has 4 N–H and O–H groups in total. The molecule has 1 aromatic carbocycles. The molecule has 1 saturated carbocycles. The van der Waals surface area contributed by atoms with Crippen LogP contribution in [0.1, 0.15) is 24.8 Å². The molecule has 0 radical (unpaired) electrons. The maximum atomic E-state index is 13.5. The zero-order chi connectivity index (χ0) is 19.5. The lowest BCUT2D eigenvalue weighted by atomic mass is 9.53. The van der Waals surface area contributed by atoms with Crippen LogP contribution < -0.4 is 14.4 Å². The summed E-state index contributed by atoms with van der Waals surface area (Å²) in [5, 5.41) is 0. The molecule has 8 heteroatoms. The predicted molar refractivity (Wildman–Crippen MR) is 114 cm³/mol. The van der Waals surface area contributed by atoms with E-state index in [0.29, 0.717) is 36.7 Å². The van der Waals surface area contributed by atoms with Crippen molar-refractivity contribution in [3.8, 4) is 11.5 Å². The number of nitrogens with zero attached hydrogens (tertiary/aromatic N) is 2. The first kappa shape index (κ1) is 20.8. The summed E-state index contributed by atoms with van der Waals surface area (Å²) in [5.74, 6) is 2.57. The van der Waals surface area contributed by atoms with Gasteiger partial charge in [0.1, 0.15) is 0 Å². The predicted octanol–water partition coefficient (Wildman–Crippen LogP) is 0.460. The fourth-order valence-corrected chi connectivity index (χ4v) is 7.87. The van der Waals surface area contributed by atoms with Crippen LogP contribution in [0.4, 0.5) is 5.69 Å². The van der Waals surface area contributed by atoms with E-state index in [1.807, 2.05) is 6.07 Å². The van der Waals surface area contributed by atoms with E-state index in [4.69, 9.17) is 14.2 Å². The minimum Gasteiger partial charge on any atom is -0.493 e. The molecule has 31 heavy (non-hydrogen) atoms. The minimum absolute atomic E-state index is 0. The quantitative estimate of drug-likeness (QED) is 0.633. The molecule has 2 bridgehead atoms. The van der Waals surface area contributed by atoms with Crippen LogP contribution in [0.15, 0.2) is 23.8 Å². The van der Waals surface area contributed by atoms with E-state index in [0.717, 1.165) is 30.9 Å². The highest BCUT2D eigenvalue weighted by atomic mass is 16.5. The van der Waals surface area contributed by atoms with Gasteiger partial charge in [0.25, 0.3) is 0 Å². The lowest BCUT2D eigenvalue weighted by Crippen LogP contribution is -2.69. The fraction of sp³-hybridized carbons (Fsp3) is 0.609. The zero-order valence-electron chi connectivity index (χ0n) is 17.9. The van der Waals surface area contributed by atoms with Crippen LogP contribution in [0.25, 0.3) is 0 Å². The number of carbonyl (C=O) groups excluding carboxylic acids is 1. The lowest BCUT2D eigenvalue weighted by Gasteiger charge is -2.58. The normalized spacial score (nSPS) is 38.4. The molecule has 7 rings (SSSR count). The van der Waals surface area contributed by atoms with Gasteiger partial charge in [-0.2, -0.15) is 0 Å². The van der Waals surface area contributed by atoms with Crippen LogP contribution in [0.5, 0.6) is 11.5 Å². The van der Waals surface area contributed by atoms with Gasteiger partial charge < -0.3 is 30.1 Å². The number of carbonyl (C=O) groups is 1. The Morgan fingerprint density at radius 3 is 2.71 bits per heavy atom. The molecule has 168 valence electrons. The number of hydrogen-bond acceptors (Lipinski definition) is 5. The molecule has 1 spiro atoms. The molecular formula is C23H30N2O6. The zero-order valence-corrected chi connectivity index (χ0v) is 17.9. The molecule has 6 aliphatic rings. The van der Waals surface area contributed by atoms with Crippen LogP contribution in [-0.2, 0) is 14.9 Å². The van der Waals surface area contributed by atoms with E-state index in [9.17, 15) is 4.79 Å². The monoisotopic (exact) mass is 430 g/mol. The van der Waals surface area contributed by atoms with E-state index >= 15 is 0 Å². The Hall–Kier alpha value is -2.13. The second-order valence-corrected chi connectivity index (χ2v) is 9.48. The van der Waals surface area contributed by atoms with Crippen molar-refractivity contribution in [2.24, 2.45) is 11.8 Å². The van der Waals surface area contributed by atoms with E-state index in [-0.39, 0.29) is 34.4 Å². The largest absolute Gasteiger partial charge is 0.493 e. The Bertz CT molecular complexity index is 979. The third kappa shape index (κ3) is 2.21. The highest BCUT2D eigenvalue weighted by molar-refractivity contribution is 5.99. The molecule has 0 aromatic heterocycles. The number of rotatable bonds is 2. The topological polar surface area (TPSA) is 114 Å². The van der Waals surface area contributed by atoms with Gasteiger partial charge in [0, 0.05) is 30.0 Å². The summed E-state index contributed by atoms with van der Waals surface area (Å²) in [5.41, 5.74) is 3.85. The van der Waals surface area contributed by atoms with E-state index < -0.39 is 0 Å². The van der Waals surface area contributed by atoms with Crippen molar-refractivity contribution in [2.75, 3.05) is 38.8 Å². The van der Waals surface area contributed by atoms with Gasteiger partial charge in [0.15, 0.2) is 11.5 Å². The van der Waals surface area contributed by atoms with Crippen LogP contribution >= 0.6 is 0 Å². The molecule has 3 saturated heterocycles. The molecule has 1 amide bonds. The summed E-state index contributed by atoms with van der Waals surface area (Å²) in [4.78, 5) is 18.3. The Morgan fingerprint density at radius 1 is 1.16 bits per heavy atom. The minimum atomic E-state index is -0.0242. The molecule has 8 nitrogen and oxygen atoms in total. The Balaban J connectivity index is 0.00000102. The maximum absolute atomic E-state index is 13.5. The second kappa shape index (κ2) is 6.68. The summed E-state index contributed by atoms with van der Waals surface area (Å²) >= 11 is 0. The van der Waals surface area contributed by atoms with Crippen molar-refractivity contribution in [3.63, 3.8) is 0 Å². The average molecular weight is 431 g/mol. The number of amides is 1. The first-order valence-corrected chi connectivity index (χ1v) is 10.8. The number of methoxy groups -OCH3 is 2. The maximum Gasteiger partial charge on any atom is 0.229 e. The van der Waals surface area contributed by atoms with Crippen molar-refractivity contribution in [1.82, 2.24) is 4.90 Å². The SMILES string of the molecule is COc1cc2c(cc1OC)[C@@]13CCN4CC5=CCO[C@H]6CC(=O)N2C1[C@H]6[C@H]5C[C@H]43.O.O. The molecule has 6 atom stereocenters. The third-order valence-corrected chi connectivity index (χ3v) is 8.81. The third-order valence-electron chi connectivity index (χ3n) is 8.81. The first-order valence-electron chi connectivity index (χ1n) is 10.8. The van der Waals surface area contributed by atoms with Gasteiger partial charge in [-0.1, -0.05) is 11.6 Å². The summed E-state index contributed by atoms with van der Waals surface area (Å²) in [7, 11) is 3.36. The second-order valence-electron chi connectivity index (χ2n) is 9.48. The van der Waals surface area contributed by atoms with Crippen LogP contribution in [0.2, 0.25) is 0 Å². The van der Waals surface area contributed by atoms with Crippen LogP contribution in [0, 0.1) is 11.8 Å². The number of piperidine rings is 2. The molecule has 5 heterocycles. The van der Waals surface area contributed by atoms with Gasteiger partial charge in [-0.3, -0.25) is 9.69 Å². The average Bonchev–Trinajstić information content (AvgIpc) is 3.20. The Morgan fingerprint density at radius 2 is 1.94 bits per heavy atom. The standard InChI is InChI=1S/C23H26N2O4.2H2O/c1-27-16-8-14-15(9-17(16)28-2)25-20(26)10-18-21-13-7-19-23(14,22(21)25)4-5-24(19)11-12(13)3-6-29-18;;/h3,8-9,13,18-19,21-22H,4-7,10-11H2,1-2H3;2*1H2/t13-,18-,19-,21-,22?,23+;;/m0../s1. The molecule has 1 aromatic rings. The molecule has 1 aliphatic carbocycles. The van der Waals surface area contributed by atoms with Gasteiger partial charge in [-0.25, -0.2) is 0 Å². The summed E-state index contributed by atoms with van der Waals surface area (Å²) in [6.07, 6.45) is 5.11. The number of anilines is 1. The molecular weight excluding hydrogens is 400 g/mol. The van der Waals surface area contributed by atoms with Gasteiger partial charge in [0.2, 0.25) is 5.91 Å². The summed E-state index contributed by atoms with van der Waals surface area (Å²) < 4.78 is 17.6. The van der Waals surface area contributed by atoms with Crippen molar-refractivity contribution < 1.29 is 30.0 Å². The van der Waals surface area contributed by atoms with E-state index in [2.05, 4.69) is 21.9 Å². The highest BCUT2D eigenvalue weighted by Crippen LogP contribution is 2.66. The van der Waals surface area contributed by atoms with Crippen LogP contribution in [-0.4, -0.2) is 73.9 Å². The lowest BCUT2D eigenvalue weighted by molar-refractivity contribution is -0.132. The number of ether oxygens (including phenoxy) is 3. The van der Waals surface area contributed by atoms with Crippen molar-refractivity contribution in [1.29, 1.82) is 0 Å². The van der Waals surface area contributed by atoms with E-state index in [1.54, 1.807) is 19.8 Å². The fourth-order valence-electron chi connectivity index (χ4n) is 7.87. The highest BCUT2D eigenvalue weighted by Gasteiger charge is 2.71. The van der Waals surface area contributed by atoms with Gasteiger partial charge in [-0.15, -0.1) is 0 Å². The Labute approximate surface area is 181 Å². The molecule has 4 fully saturated rings. The smallest absolute Gasteiger partial charge is 0.229 e. The number of fused-ring (bicyclic) bond motifs is 2. The Kier molecular flexibility index (Phi) is 4.47. The van der Waals surface area contributed by atoms with Gasteiger partial charge in [-0.05, 0) is 36.9 Å². The van der Waals surface area contributed by atoms with E-state index in [1.165, 1.54) is 12.0 Å². The first-order chi connectivity index (χ1) is 14.2. The van der Waals surface area contributed by atoms with Crippen molar-refractivity contribution >= 4 is 11.6 Å². The van der Waals surface area contributed by atoms with Crippen molar-refractivity contribution in [2.45, 2.75) is 42.9 Å². The van der Waals surface area contributed by atoms with Gasteiger partial charge >= 0.3 is 0 Å². The molecule has 5 aliphatic heterocycles. The van der Waals surface area contributed by atoms with Crippen LogP contribution in [0.3, 0.4) is 0 Å². The van der Waals surface area contributed by atoms with Gasteiger partial charge in [0.05, 0.1) is 45.1 Å². The molecule has 1 unspecified atom stereocenters. The summed E-state index contributed by atoms with van der Waals surface area (Å²) in [6, 6.07) is 4.87. The summed E-state index contributed by atoms with van der Waals surface area (Å²) in [6.45, 7) is 2.80. The van der Waals surface area contributed by atoms with Crippen molar-refractivity contribution in [3.05, 3.63) is 29.3 Å².